The fourth-order valence-electron chi connectivity index (χ4n) is 3.12. The highest BCUT2D eigenvalue weighted by atomic mass is 16.2. The molecule has 0 aromatic heterocycles. The average Bonchev–Trinajstić information content (AvgIpc) is 2.48. The fraction of sp³-hybridized carbons (Fsp3) is 0.857. The van der Waals surface area contributed by atoms with Gasteiger partial charge in [-0.1, -0.05) is 19.8 Å². The fourth-order valence-corrected chi connectivity index (χ4v) is 3.12. The van der Waals surface area contributed by atoms with Crippen molar-refractivity contribution in [3.05, 3.63) is 0 Å². The first-order valence-corrected chi connectivity index (χ1v) is 7.53. The van der Waals surface area contributed by atoms with E-state index in [1.165, 1.54) is 19.9 Å². The molecule has 1 aliphatic carbocycles. The maximum absolute atomic E-state index is 12.1. The number of amides is 3. The number of carbonyl (C=O) groups is 2. The highest BCUT2D eigenvalue weighted by molar-refractivity contribution is 5.96. The molecule has 0 heterocycles. The van der Waals surface area contributed by atoms with Crippen LogP contribution in [0.25, 0.3) is 0 Å². The van der Waals surface area contributed by atoms with Gasteiger partial charge in [0.25, 0.3) is 0 Å². The monoisotopic (exact) mass is 284 g/mol. The molecule has 0 aromatic carbocycles. The molecule has 0 saturated heterocycles. The first-order chi connectivity index (χ1) is 9.54. The van der Waals surface area contributed by atoms with Gasteiger partial charge in [-0.15, -0.1) is 0 Å². The van der Waals surface area contributed by atoms with Crippen LogP contribution < -0.4 is 16.4 Å². The number of likely N-dealkylation sites (N-methyl/N-ethyl adjacent to an activating group) is 1. The number of carbonyl (C=O) groups excluding carboxylic acids is 2. The minimum absolute atomic E-state index is 0.257. The summed E-state index contributed by atoms with van der Waals surface area (Å²) in [6.07, 6.45) is 4.60. The lowest BCUT2D eigenvalue weighted by atomic mass is 9.83. The molecule has 3 unspecified atom stereocenters. The average molecular weight is 284 g/mol. The summed E-state index contributed by atoms with van der Waals surface area (Å²) in [6, 6.07) is -0.449. The summed E-state index contributed by atoms with van der Waals surface area (Å²) in [6.45, 7) is 5.34. The lowest BCUT2D eigenvalue weighted by Gasteiger charge is -2.41. The highest BCUT2D eigenvalue weighted by Gasteiger charge is 2.33. The lowest BCUT2D eigenvalue weighted by molar-refractivity contribution is -0.126. The lowest BCUT2D eigenvalue weighted by Crippen LogP contribution is -2.55. The Morgan fingerprint density at radius 3 is 2.55 bits per heavy atom. The number of nitrogens with zero attached hydrogens (tertiary/aromatic N) is 1. The van der Waals surface area contributed by atoms with Crippen LogP contribution in [0, 0.1) is 5.92 Å². The van der Waals surface area contributed by atoms with E-state index in [4.69, 9.17) is 5.73 Å². The van der Waals surface area contributed by atoms with Gasteiger partial charge in [0.2, 0.25) is 5.91 Å². The molecule has 20 heavy (non-hydrogen) atoms. The van der Waals surface area contributed by atoms with E-state index in [0.29, 0.717) is 18.5 Å². The Balaban J connectivity index is 2.72. The van der Waals surface area contributed by atoms with Gasteiger partial charge in [-0.3, -0.25) is 15.0 Å². The summed E-state index contributed by atoms with van der Waals surface area (Å²) in [5, 5.41) is 4.75. The maximum atomic E-state index is 12.1. The van der Waals surface area contributed by atoms with E-state index in [2.05, 4.69) is 15.5 Å². The third-order valence-corrected chi connectivity index (χ3v) is 4.30. The van der Waals surface area contributed by atoms with Crippen molar-refractivity contribution >= 4 is 11.9 Å². The minimum atomic E-state index is -0.461. The van der Waals surface area contributed by atoms with Crippen LogP contribution in [0.1, 0.15) is 39.5 Å². The van der Waals surface area contributed by atoms with Crippen molar-refractivity contribution in [3.8, 4) is 0 Å². The molecule has 1 rings (SSSR count). The number of rotatable bonds is 5. The van der Waals surface area contributed by atoms with Crippen LogP contribution in [0.5, 0.6) is 0 Å². The molecule has 0 radical (unpaired) electrons. The van der Waals surface area contributed by atoms with Gasteiger partial charge in [-0.05, 0) is 38.8 Å². The molecule has 0 aromatic rings. The zero-order valence-electron chi connectivity index (χ0n) is 12.8. The predicted molar refractivity (Wildman–Crippen MR) is 79.2 cm³/mol. The van der Waals surface area contributed by atoms with E-state index in [1.54, 1.807) is 0 Å². The Morgan fingerprint density at radius 2 is 2.00 bits per heavy atom. The SMILES string of the molecule is CCN(C(C)C(=O)NC(=O)NC)C1CCCCC1CN. The molecular weight excluding hydrogens is 256 g/mol. The smallest absolute Gasteiger partial charge is 0.321 e. The van der Waals surface area contributed by atoms with Crippen LogP contribution in [0.3, 0.4) is 0 Å². The van der Waals surface area contributed by atoms with Crippen molar-refractivity contribution in [1.82, 2.24) is 15.5 Å². The van der Waals surface area contributed by atoms with Gasteiger partial charge >= 0.3 is 6.03 Å². The van der Waals surface area contributed by atoms with Crippen molar-refractivity contribution in [2.24, 2.45) is 11.7 Å². The molecule has 1 fully saturated rings. The number of imide groups is 1. The Morgan fingerprint density at radius 1 is 1.35 bits per heavy atom. The molecule has 4 N–H and O–H groups in total. The Hall–Kier alpha value is -1.14. The topological polar surface area (TPSA) is 87.5 Å². The molecule has 6 nitrogen and oxygen atoms in total. The second-order valence-electron chi connectivity index (χ2n) is 5.42. The Labute approximate surface area is 121 Å². The summed E-state index contributed by atoms with van der Waals surface area (Å²) in [7, 11) is 1.50. The largest absolute Gasteiger partial charge is 0.341 e. The van der Waals surface area contributed by atoms with Crippen molar-refractivity contribution in [2.45, 2.75) is 51.6 Å². The third kappa shape index (κ3) is 4.18. The summed E-state index contributed by atoms with van der Waals surface area (Å²) in [5.74, 6) is 0.187. The summed E-state index contributed by atoms with van der Waals surface area (Å²) in [4.78, 5) is 25.5. The van der Waals surface area contributed by atoms with E-state index in [1.807, 2.05) is 13.8 Å². The van der Waals surface area contributed by atoms with Crippen molar-refractivity contribution in [3.63, 3.8) is 0 Å². The van der Waals surface area contributed by atoms with Gasteiger partial charge in [0, 0.05) is 13.1 Å². The molecule has 0 bridgehead atoms. The van der Waals surface area contributed by atoms with Crippen LogP contribution in [0.2, 0.25) is 0 Å². The molecular formula is C14H28N4O2. The molecule has 1 aliphatic rings. The van der Waals surface area contributed by atoms with E-state index < -0.39 is 6.03 Å². The van der Waals surface area contributed by atoms with Gasteiger partial charge in [0.15, 0.2) is 0 Å². The molecule has 0 spiro atoms. The van der Waals surface area contributed by atoms with Crippen molar-refractivity contribution in [2.75, 3.05) is 20.1 Å². The zero-order chi connectivity index (χ0) is 15.1. The standard InChI is InChI=1S/C14H28N4O2/c1-4-18(10(2)13(19)17-14(20)16-3)12-8-6-5-7-11(12)9-15/h10-12H,4-9,15H2,1-3H3,(H2,16,17,19,20). The van der Waals surface area contributed by atoms with Crippen LogP contribution in [-0.2, 0) is 4.79 Å². The summed E-state index contributed by atoms with van der Waals surface area (Å²) >= 11 is 0. The maximum Gasteiger partial charge on any atom is 0.321 e. The summed E-state index contributed by atoms with van der Waals surface area (Å²) in [5.41, 5.74) is 5.87. The van der Waals surface area contributed by atoms with Crippen LogP contribution >= 0.6 is 0 Å². The third-order valence-electron chi connectivity index (χ3n) is 4.30. The van der Waals surface area contributed by atoms with E-state index in [-0.39, 0.29) is 11.9 Å². The van der Waals surface area contributed by atoms with Gasteiger partial charge in [-0.2, -0.15) is 0 Å². The van der Waals surface area contributed by atoms with E-state index >= 15 is 0 Å². The van der Waals surface area contributed by atoms with Crippen molar-refractivity contribution < 1.29 is 9.59 Å². The van der Waals surface area contributed by atoms with Gasteiger partial charge in [0.1, 0.15) is 0 Å². The first-order valence-electron chi connectivity index (χ1n) is 7.53. The van der Waals surface area contributed by atoms with Crippen LogP contribution in [0.4, 0.5) is 4.79 Å². The predicted octanol–water partition coefficient (Wildman–Crippen LogP) is 0.670. The number of nitrogens with one attached hydrogen (secondary N) is 2. The highest BCUT2D eigenvalue weighted by Crippen LogP contribution is 2.29. The van der Waals surface area contributed by atoms with Crippen LogP contribution in [-0.4, -0.2) is 49.1 Å². The van der Waals surface area contributed by atoms with Gasteiger partial charge < -0.3 is 11.1 Å². The molecule has 6 heteroatoms. The number of hydrogen-bond acceptors (Lipinski definition) is 4. The van der Waals surface area contributed by atoms with E-state index in [9.17, 15) is 9.59 Å². The van der Waals surface area contributed by atoms with Gasteiger partial charge in [-0.25, -0.2) is 4.79 Å². The van der Waals surface area contributed by atoms with E-state index in [0.717, 1.165) is 19.4 Å². The Bertz CT molecular complexity index is 335. The number of nitrogens with two attached hydrogens (primary N) is 1. The molecule has 1 saturated carbocycles. The van der Waals surface area contributed by atoms with Crippen molar-refractivity contribution in [1.29, 1.82) is 0 Å². The molecule has 3 amide bonds. The van der Waals surface area contributed by atoms with Crippen LogP contribution in [0.15, 0.2) is 0 Å². The normalized spacial score (nSPS) is 24.2. The number of hydrogen-bond donors (Lipinski definition) is 3. The molecule has 116 valence electrons. The zero-order valence-corrected chi connectivity index (χ0v) is 12.8. The molecule has 3 atom stereocenters. The first kappa shape index (κ1) is 16.9. The minimum Gasteiger partial charge on any atom is -0.341 e. The number of urea groups is 1. The second kappa shape index (κ2) is 8.21. The quantitative estimate of drug-likeness (QED) is 0.692. The van der Waals surface area contributed by atoms with Gasteiger partial charge in [0.05, 0.1) is 6.04 Å². The summed E-state index contributed by atoms with van der Waals surface area (Å²) < 4.78 is 0. The second-order valence-corrected chi connectivity index (χ2v) is 5.42. The Kier molecular flexibility index (Phi) is 6.95. The molecule has 0 aliphatic heterocycles.